The van der Waals surface area contributed by atoms with Crippen molar-refractivity contribution in [3.63, 3.8) is 0 Å². The molecule has 2 aliphatic rings. The molecular weight excluding hydrogens is 288 g/mol. The molecule has 122 valence electrons. The molecule has 0 aliphatic carbocycles. The summed E-state index contributed by atoms with van der Waals surface area (Å²) in [7, 11) is 1.51. The van der Waals surface area contributed by atoms with Gasteiger partial charge in [-0.15, -0.1) is 0 Å². The highest BCUT2D eigenvalue weighted by Gasteiger charge is 2.44. The summed E-state index contributed by atoms with van der Waals surface area (Å²) < 4.78 is 5.14. The number of esters is 1. The number of benzene rings is 1. The highest BCUT2D eigenvalue weighted by molar-refractivity contribution is 5.85. The molecule has 4 rings (SSSR count). The number of fused-ring (bicyclic) bond motifs is 5. The SMILES string of the molecule is CC[C@@H]1C[C@@H](C(=O)OC)[C@H]2c3[nH]c4ccccc4c3CCN2C1. The van der Waals surface area contributed by atoms with E-state index in [4.69, 9.17) is 4.74 Å². The van der Waals surface area contributed by atoms with Crippen molar-refractivity contribution in [3.8, 4) is 0 Å². The fraction of sp³-hybridized carbons (Fsp3) is 0.526. The zero-order valence-corrected chi connectivity index (χ0v) is 13.8. The second-order valence-corrected chi connectivity index (χ2v) is 6.89. The van der Waals surface area contributed by atoms with E-state index in [9.17, 15) is 4.79 Å². The third-order valence-corrected chi connectivity index (χ3v) is 5.73. The molecular formula is C19H24N2O2. The molecule has 1 aromatic heterocycles. The second-order valence-electron chi connectivity index (χ2n) is 6.89. The number of nitrogens with one attached hydrogen (secondary N) is 1. The van der Waals surface area contributed by atoms with Crippen molar-refractivity contribution in [1.82, 2.24) is 9.88 Å². The first-order valence-corrected chi connectivity index (χ1v) is 8.64. The Balaban J connectivity index is 1.81. The quantitative estimate of drug-likeness (QED) is 0.866. The van der Waals surface area contributed by atoms with Gasteiger partial charge in [0.1, 0.15) is 0 Å². The molecule has 2 aromatic rings. The van der Waals surface area contributed by atoms with Crippen molar-refractivity contribution in [2.24, 2.45) is 11.8 Å². The minimum absolute atomic E-state index is 0.0641. The van der Waals surface area contributed by atoms with Crippen LogP contribution in [0.25, 0.3) is 10.9 Å². The molecule has 1 saturated heterocycles. The van der Waals surface area contributed by atoms with Crippen molar-refractivity contribution < 1.29 is 9.53 Å². The number of piperidine rings is 1. The number of ether oxygens (including phenoxy) is 1. The molecule has 3 atom stereocenters. The van der Waals surface area contributed by atoms with Gasteiger partial charge in [0.15, 0.2) is 0 Å². The zero-order chi connectivity index (χ0) is 16.0. The number of H-pyrrole nitrogens is 1. The van der Waals surface area contributed by atoms with E-state index < -0.39 is 0 Å². The highest BCUT2D eigenvalue weighted by Crippen LogP contribution is 2.44. The molecule has 3 heterocycles. The molecule has 2 aliphatic heterocycles. The third-order valence-electron chi connectivity index (χ3n) is 5.73. The molecule has 0 unspecified atom stereocenters. The minimum Gasteiger partial charge on any atom is -0.469 e. The van der Waals surface area contributed by atoms with Gasteiger partial charge < -0.3 is 9.72 Å². The minimum atomic E-state index is -0.0651. The molecule has 1 fully saturated rings. The Morgan fingerprint density at radius 1 is 1.39 bits per heavy atom. The Labute approximate surface area is 136 Å². The van der Waals surface area contributed by atoms with Gasteiger partial charge in [-0.2, -0.15) is 0 Å². The van der Waals surface area contributed by atoms with Crippen LogP contribution in [0, 0.1) is 11.8 Å². The van der Waals surface area contributed by atoms with Crippen molar-refractivity contribution in [2.75, 3.05) is 20.2 Å². The van der Waals surface area contributed by atoms with Gasteiger partial charge in [0.2, 0.25) is 0 Å². The van der Waals surface area contributed by atoms with Crippen LogP contribution in [0.2, 0.25) is 0 Å². The number of nitrogens with zero attached hydrogens (tertiary/aromatic N) is 1. The van der Waals surface area contributed by atoms with Crippen molar-refractivity contribution in [1.29, 1.82) is 0 Å². The number of carbonyl (C=O) groups excluding carboxylic acids is 1. The predicted molar refractivity (Wildman–Crippen MR) is 90.2 cm³/mol. The van der Waals surface area contributed by atoms with Gasteiger partial charge in [0.25, 0.3) is 0 Å². The van der Waals surface area contributed by atoms with Crippen LogP contribution in [-0.2, 0) is 16.0 Å². The smallest absolute Gasteiger partial charge is 0.310 e. The first kappa shape index (κ1) is 14.8. The summed E-state index contributed by atoms with van der Waals surface area (Å²) in [5.74, 6) is 0.455. The van der Waals surface area contributed by atoms with Gasteiger partial charge >= 0.3 is 5.97 Å². The lowest BCUT2D eigenvalue weighted by molar-refractivity contribution is -0.151. The summed E-state index contributed by atoms with van der Waals surface area (Å²) in [6.45, 7) is 4.34. The number of hydrogen-bond donors (Lipinski definition) is 1. The molecule has 4 heteroatoms. The van der Waals surface area contributed by atoms with Gasteiger partial charge in [-0.1, -0.05) is 31.5 Å². The van der Waals surface area contributed by atoms with E-state index >= 15 is 0 Å². The number of carbonyl (C=O) groups is 1. The standard InChI is InChI=1S/C19H24N2O2/c1-3-12-10-15(19(22)23-2)18-17-14(8-9-21(18)11-12)13-6-4-5-7-16(13)20-17/h4-7,12,15,18,20H,3,8-11H2,1-2H3/t12-,15-,18+/m1/s1. The van der Waals surface area contributed by atoms with E-state index in [1.54, 1.807) is 0 Å². The first-order valence-electron chi connectivity index (χ1n) is 8.64. The lowest BCUT2D eigenvalue weighted by Crippen LogP contribution is -2.49. The number of hydrogen-bond acceptors (Lipinski definition) is 3. The summed E-state index contributed by atoms with van der Waals surface area (Å²) in [5, 5.41) is 1.31. The molecule has 1 aromatic carbocycles. The fourth-order valence-electron chi connectivity index (χ4n) is 4.55. The van der Waals surface area contributed by atoms with Gasteiger partial charge in [-0.3, -0.25) is 9.69 Å². The van der Waals surface area contributed by atoms with Gasteiger partial charge in [0, 0.05) is 29.7 Å². The lowest BCUT2D eigenvalue weighted by atomic mass is 9.77. The van der Waals surface area contributed by atoms with Gasteiger partial charge in [-0.25, -0.2) is 0 Å². The topological polar surface area (TPSA) is 45.3 Å². The average molecular weight is 312 g/mol. The van der Waals surface area contributed by atoms with E-state index in [0.717, 1.165) is 32.4 Å². The van der Waals surface area contributed by atoms with Crippen LogP contribution in [0.5, 0.6) is 0 Å². The predicted octanol–water partition coefficient (Wildman–Crippen LogP) is 3.29. The Hall–Kier alpha value is -1.81. The molecule has 0 spiro atoms. The Morgan fingerprint density at radius 3 is 3.00 bits per heavy atom. The van der Waals surface area contributed by atoms with Crippen LogP contribution in [0.3, 0.4) is 0 Å². The number of aromatic nitrogens is 1. The average Bonchev–Trinajstić information content (AvgIpc) is 2.98. The third kappa shape index (κ3) is 2.27. The summed E-state index contributed by atoms with van der Waals surface area (Å²) in [6, 6.07) is 8.61. The van der Waals surface area contributed by atoms with Crippen molar-refractivity contribution in [3.05, 3.63) is 35.5 Å². The van der Waals surface area contributed by atoms with E-state index in [2.05, 4.69) is 41.1 Å². The lowest BCUT2D eigenvalue weighted by Gasteiger charge is -2.45. The van der Waals surface area contributed by atoms with Crippen LogP contribution < -0.4 is 0 Å². The molecule has 4 nitrogen and oxygen atoms in total. The monoisotopic (exact) mass is 312 g/mol. The van der Waals surface area contributed by atoms with E-state index in [0.29, 0.717) is 5.92 Å². The Kier molecular flexibility index (Phi) is 3.64. The fourth-order valence-corrected chi connectivity index (χ4v) is 4.55. The first-order chi connectivity index (χ1) is 11.2. The largest absolute Gasteiger partial charge is 0.469 e. The van der Waals surface area contributed by atoms with Crippen LogP contribution >= 0.6 is 0 Å². The van der Waals surface area contributed by atoms with Gasteiger partial charge in [-0.05, 0) is 30.4 Å². The maximum atomic E-state index is 12.4. The maximum absolute atomic E-state index is 12.4. The van der Waals surface area contributed by atoms with Crippen molar-refractivity contribution >= 4 is 16.9 Å². The molecule has 1 N–H and O–H groups in total. The molecule has 0 radical (unpaired) electrons. The molecule has 0 bridgehead atoms. The summed E-state index contributed by atoms with van der Waals surface area (Å²) in [6.07, 6.45) is 3.11. The van der Waals surface area contributed by atoms with E-state index in [-0.39, 0.29) is 17.9 Å². The molecule has 0 saturated carbocycles. The number of rotatable bonds is 2. The van der Waals surface area contributed by atoms with Crippen LogP contribution in [0.1, 0.15) is 37.1 Å². The number of aromatic amines is 1. The number of methoxy groups -OCH3 is 1. The maximum Gasteiger partial charge on any atom is 0.310 e. The van der Waals surface area contributed by atoms with E-state index in [1.807, 2.05) is 0 Å². The molecule has 0 amide bonds. The van der Waals surface area contributed by atoms with Crippen LogP contribution in [0.4, 0.5) is 0 Å². The Bertz CT molecular complexity index is 736. The van der Waals surface area contributed by atoms with Crippen molar-refractivity contribution in [2.45, 2.75) is 32.2 Å². The van der Waals surface area contributed by atoms with Gasteiger partial charge in [0.05, 0.1) is 19.1 Å². The van der Waals surface area contributed by atoms with Crippen LogP contribution in [0.15, 0.2) is 24.3 Å². The zero-order valence-electron chi connectivity index (χ0n) is 13.8. The second kappa shape index (κ2) is 5.68. The van der Waals surface area contributed by atoms with E-state index in [1.165, 1.54) is 29.3 Å². The molecule has 23 heavy (non-hydrogen) atoms. The Morgan fingerprint density at radius 2 is 2.22 bits per heavy atom. The van der Waals surface area contributed by atoms with Crippen LogP contribution in [-0.4, -0.2) is 36.1 Å². The highest BCUT2D eigenvalue weighted by atomic mass is 16.5. The summed E-state index contributed by atoms with van der Waals surface area (Å²) in [5.41, 5.74) is 3.81. The normalized spacial score (nSPS) is 27.5. The summed E-state index contributed by atoms with van der Waals surface area (Å²) >= 11 is 0. The summed E-state index contributed by atoms with van der Waals surface area (Å²) in [4.78, 5) is 18.6. The number of para-hydroxylation sites is 1.